The fourth-order valence-electron chi connectivity index (χ4n) is 2.46. The Morgan fingerprint density at radius 2 is 1.55 bits per heavy atom. The van der Waals surface area contributed by atoms with Crippen LogP contribution in [0.1, 0.15) is 69.9 Å². The summed E-state index contributed by atoms with van der Waals surface area (Å²) in [6.45, 7) is 2.24. The zero-order chi connectivity index (χ0) is 14.8. The number of hydrazine groups is 1. The van der Waals surface area contributed by atoms with Crippen molar-refractivity contribution in [2.75, 3.05) is 0 Å². The molecule has 0 heterocycles. The van der Waals surface area contributed by atoms with Crippen LogP contribution in [-0.4, -0.2) is 0 Å². The maximum atomic E-state index is 6.22. The number of hydrogen-bond acceptors (Lipinski definition) is 2. The SMILES string of the molecule is CCCCCCCCCC(NN)c1c(Cl)cccc1Cl. The van der Waals surface area contributed by atoms with E-state index < -0.39 is 0 Å². The van der Waals surface area contributed by atoms with E-state index in [0.717, 1.165) is 18.4 Å². The van der Waals surface area contributed by atoms with Crippen LogP contribution >= 0.6 is 23.2 Å². The highest BCUT2D eigenvalue weighted by atomic mass is 35.5. The van der Waals surface area contributed by atoms with Crippen LogP contribution in [0.5, 0.6) is 0 Å². The first-order valence-corrected chi connectivity index (χ1v) is 8.36. The van der Waals surface area contributed by atoms with Gasteiger partial charge in [-0.2, -0.15) is 0 Å². The van der Waals surface area contributed by atoms with Crippen LogP contribution in [0.4, 0.5) is 0 Å². The Hall–Kier alpha value is -0.280. The van der Waals surface area contributed by atoms with Gasteiger partial charge >= 0.3 is 0 Å². The Labute approximate surface area is 133 Å². The quantitative estimate of drug-likeness (QED) is 0.333. The molecule has 0 aliphatic carbocycles. The molecule has 0 radical (unpaired) electrons. The highest BCUT2D eigenvalue weighted by Gasteiger charge is 2.16. The molecule has 3 N–H and O–H groups in total. The molecule has 1 aromatic rings. The largest absolute Gasteiger partial charge is 0.271 e. The first kappa shape index (κ1) is 17.8. The average Bonchev–Trinajstić information content (AvgIpc) is 2.44. The molecule has 0 spiro atoms. The van der Waals surface area contributed by atoms with Crippen molar-refractivity contribution in [1.29, 1.82) is 0 Å². The lowest BCUT2D eigenvalue weighted by atomic mass is 10.00. The number of unbranched alkanes of at least 4 members (excludes halogenated alkanes) is 6. The van der Waals surface area contributed by atoms with Gasteiger partial charge in [-0.25, -0.2) is 0 Å². The molecular formula is C16H26Cl2N2. The van der Waals surface area contributed by atoms with E-state index in [1.54, 1.807) is 0 Å². The smallest absolute Gasteiger partial charge is 0.0489 e. The van der Waals surface area contributed by atoms with Gasteiger partial charge in [0.25, 0.3) is 0 Å². The summed E-state index contributed by atoms with van der Waals surface area (Å²) in [7, 11) is 0. The zero-order valence-electron chi connectivity index (χ0n) is 12.3. The summed E-state index contributed by atoms with van der Waals surface area (Å²) in [5.74, 6) is 5.66. The Morgan fingerprint density at radius 1 is 1.00 bits per heavy atom. The molecule has 1 unspecified atom stereocenters. The molecule has 1 atom stereocenters. The van der Waals surface area contributed by atoms with E-state index in [1.807, 2.05) is 18.2 Å². The van der Waals surface area contributed by atoms with Crippen LogP contribution in [0.25, 0.3) is 0 Å². The van der Waals surface area contributed by atoms with Gasteiger partial charge in [-0.15, -0.1) is 0 Å². The van der Waals surface area contributed by atoms with Crippen LogP contribution < -0.4 is 11.3 Å². The zero-order valence-corrected chi connectivity index (χ0v) is 13.8. The van der Waals surface area contributed by atoms with Crippen LogP contribution in [0.15, 0.2) is 18.2 Å². The fourth-order valence-corrected chi connectivity index (χ4v) is 3.12. The summed E-state index contributed by atoms with van der Waals surface area (Å²) >= 11 is 12.4. The number of hydrogen-bond donors (Lipinski definition) is 2. The van der Waals surface area contributed by atoms with Crippen molar-refractivity contribution < 1.29 is 0 Å². The Bertz CT molecular complexity index is 362. The van der Waals surface area contributed by atoms with E-state index in [9.17, 15) is 0 Å². The monoisotopic (exact) mass is 316 g/mol. The number of nitrogens with one attached hydrogen (secondary N) is 1. The second-order valence-corrected chi connectivity index (χ2v) is 6.08. The lowest BCUT2D eigenvalue weighted by Crippen LogP contribution is -2.28. The van der Waals surface area contributed by atoms with Gasteiger partial charge in [0.15, 0.2) is 0 Å². The third kappa shape index (κ3) is 6.01. The third-order valence-electron chi connectivity index (χ3n) is 3.65. The lowest BCUT2D eigenvalue weighted by molar-refractivity contribution is 0.476. The van der Waals surface area contributed by atoms with E-state index in [1.165, 1.54) is 38.5 Å². The maximum absolute atomic E-state index is 6.22. The molecule has 114 valence electrons. The topological polar surface area (TPSA) is 38.0 Å². The van der Waals surface area contributed by atoms with Gasteiger partial charge in [-0.1, -0.05) is 81.1 Å². The predicted octanol–water partition coefficient (Wildman–Crippen LogP) is 5.64. The Morgan fingerprint density at radius 3 is 2.10 bits per heavy atom. The van der Waals surface area contributed by atoms with Crippen LogP contribution in [0.2, 0.25) is 10.0 Å². The van der Waals surface area contributed by atoms with Gasteiger partial charge in [-0.3, -0.25) is 11.3 Å². The van der Waals surface area contributed by atoms with Crippen molar-refractivity contribution in [1.82, 2.24) is 5.43 Å². The van der Waals surface area contributed by atoms with E-state index in [4.69, 9.17) is 29.0 Å². The number of nitrogens with two attached hydrogens (primary N) is 1. The van der Waals surface area contributed by atoms with Crippen LogP contribution in [0, 0.1) is 0 Å². The van der Waals surface area contributed by atoms with Gasteiger partial charge in [0, 0.05) is 21.7 Å². The molecule has 0 amide bonds. The lowest BCUT2D eigenvalue weighted by Gasteiger charge is -2.19. The molecule has 1 rings (SSSR count). The molecule has 0 aromatic heterocycles. The molecule has 4 heteroatoms. The van der Waals surface area contributed by atoms with E-state index in [0.29, 0.717) is 10.0 Å². The van der Waals surface area contributed by atoms with Gasteiger partial charge < -0.3 is 0 Å². The molecule has 0 aliphatic rings. The van der Waals surface area contributed by atoms with E-state index >= 15 is 0 Å². The average molecular weight is 317 g/mol. The number of benzene rings is 1. The van der Waals surface area contributed by atoms with Gasteiger partial charge in [0.2, 0.25) is 0 Å². The highest BCUT2D eigenvalue weighted by Crippen LogP contribution is 2.32. The fraction of sp³-hybridized carbons (Fsp3) is 0.625. The van der Waals surface area contributed by atoms with E-state index in [-0.39, 0.29) is 6.04 Å². The van der Waals surface area contributed by atoms with Crippen LogP contribution in [-0.2, 0) is 0 Å². The normalized spacial score (nSPS) is 12.6. The summed E-state index contributed by atoms with van der Waals surface area (Å²) in [5.41, 5.74) is 3.76. The van der Waals surface area contributed by atoms with E-state index in [2.05, 4.69) is 12.3 Å². The molecule has 0 saturated heterocycles. The van der Waals surface area contributed by atoms with Crippen molar-refractivity contribution in [3.63, 3.8) is 0 Å². The second-order valence-electron chi connectivity index (χ2n) is 5.26. The molecular weight excluding hydrogens is 291 g/mol. The van der Waals surface area contributed by atoms with Crippen molar-refractivity contribution >= 4 is 23.2 Å². The molecule has 0 aliphatic heterocycles. The second kappa shape index (κ2) is 10.4. The van der Waals surface area contributed by atoms with Crippen molar-refractivity contribution in [2.45, 2.75) is 64.3 Å². The minimum absolute atomic E-state index is 0.0341. The molecule has 20 heavy (non-hydrogen) atoms. The number of halogens is 2. The van der Waals surface area contributed by atoms with Gasteiger partial charge in [0.05, 0.1) is 0 Å². The summed E-state index contributed by atoms with van der Waals surface area (Å²) in [6.07, 6.45) is 9.98. The summed E-state index contributed by atoms with van der Waals surface area (Å²) < 4.78 is 0. The van der Waals surface area contributed by atoms with Gasteiger partial charge in [-0.05, 0) is 18.6 Å². The first-order chi connectivity index (χ1) is 9.70. The molecule has 1 aromatic carbocycles. The van der Waals surface area contributed by atoms with Crippen molar-refractivity contribution in [3.8, 4) is 0 Å². The Kier molecular flexibility index (Phi) is 9.28. The van der Waals surface area contributed by atoms with Crippen LogP contribution in [0.3, 0.4) is 0 Å². The standard InChI is InChI=1S/C16H26Cl2N2/c1-2-3-4-5-6-7-8-12-15(20-19)16-13(17)10-9-11-14(16)18/h9-11,15,20H,2-8,12,19H2,1H3. The Balaban J connectivity index is 2.36. The summed E-state index contributed by atoms with van der Waals surface area (Å²) in [6, 6.07) is 5.61. The first-order valence-electron chi connectivity index (χ1n) is 7.60. The summed E-state index contributed by atoms with van der Waals surface area (Å²) in [4.78, 5) is 0. The third-order valence-corrected chi connectivity index (χ3v) is 4.30. The molecule has 0 saturated carbocycles. The molecule has 0 fully saturated rings. The molecule has 0 bridgehead atoms. The minimum Gasteiger partial charge on any atom is -0.271 e. The highest BCUT2D eigenvalue weighted by molar-refractivity contribution is 6.36. The maximum Gasteiger partial charge on any atom is 0.0489 e. The minimum atomic E-state index is 0.0341. The summed E-state index contributed by atoms with van der Waals surface area (Å²) in [5, 5.41) is 1.37. The number of rotatable bonds is 10. The van der Waals surface area contributed by atoms with Gasteiger partial charge in [0.1, 0.15) is 0 Å². The predicted molar refractivity (Wildman–Crippen MR) is 89.1 cm³/mol. The molecule has 2 nitrogen and oxygen atoms in total. The van der Waals surface area contributed by atoms with Crippen molar-refractivity contribution in [3.05, 3.63) is 33.8 Å². The van der Waals surface area contributed by atoms with Crippen molar-refractivity contribution in [2.24, 2.45) is 5.84 Å².